The van der Waals surface area contributed by atoms with Crippen molar-refractivity contribution >= 4 is 11.5 Å². The number of benzene rings is 2. The van der Waals surface area contributed by atoms with Crippen molar-refractivity contribution in [2.24, 2.45) is 22.1 Å². The minimum Gasteiger partial charge on any atom is -0.508 e. The lowest BCUT2D eigenvalue weighted by Gasteiger charge is -2.41. The highest BCUT2D eigenvalue weighted by Gasteiger charge is 2.49. The summed E-state index contributed by atoms with van der Waals surface area (Å²) in [4.78, 5) is 20.1. The Morgan fingerprint density at radius 3 is 2.75 bits per heavy atom. The molecular formula is C46H52N4O7. The quantitative estimate of drug-likeness (QED) is 0.186. The molecule has 0 saturated heterocycles. The van der Waals surface area contributed by atoms with Crippen molar-refractivity contribution in [1.29, 1.82) is 0 Å². The molecule has 0 aromatic heterocycles. The second-order valence-electron chi connectivity index (χ2n) is 17.0. The number of aliphatic hydroxyl groups is 3. The Kier molecular flexibility index (Phi) is 10.2. The molecule has 298 valence electrons. The third-order valence-electron chi connectivity index (χ3n) is 13.3. The lowest BCUT2D eigenvalue weighted by atomic mass is 9.67. The molecule has 2 aliphatic carbocycles. The lowest BCUT2D eigenvalue weighted by Crippen LogP contribution is -2.47. The number of hydrogen-bond donors (Lipinski definition) is 6. The molecule has 0 radical (unpaired) electrons. The predicted molar refractivity (Wildman–Crippen MR) is 214 cm³/mol. The zero-order chi connectivity index (χ0) is 39.4. The number of nitrogens with one attached hydrogen (secondary N) is 1. The number of nitrogens with two attached hydrogens (primary N) is 1. The molecule has 1 saturated carbocycles. The number of carbonyl (C=O) groups excluding carboxylic acids is 1. The number of Topliss-reactive ketones (excluding diaryl/α,β-unsaturated/α-hetero) is 1. The van der Waals surface area contributed by atoms with Gasteiger partial charge in [-0.15, -0.1) is 0 Å². The van der Waals surface area contributed by atoms with Crippen LogP contribution in [0.5, 0.6) is 17.2 Å². The molecule has 7 N–H and O–H groups in total. The molecule has 7 aliphatic rings. The third kappa shape index (κ3) is 6.94. The maximum Gasteiger partial charge on any atom is 0.187 e. The molecule has 0 amide bonds. The van der Waals surface area contributed by atoms with Gasteiger partial charge in [0.25, 0.3) is 0 Å². The van der Waals surface area contributed by atoms with Crippen molar-refractivity contribution in [3.05, 3.63) is 75.6 Å². The van der Waals surface area contributed by atoms with Crippen LogP contribution in [0.25, 0.3) is 0 Å². The topological polar surface area (TPSA) is 170 Å². The van der Waals surface area contributed by atoms with Crippen molar-refractivity contribution in [3.63, 3.8) is 0 Å². The van der Waals surface area contributed by atoms with E-state index in [2.05, 4.69) is 46.4 Å². The van der Waals surface area contributed by atoms with Gasteiger partial charge < -0.3 is 40.5 Å². The molecule has 5 aliphatic heterocycles. The maximum atomic E-state index is 12.9. The second kappa shape index (κ2) is 15.3. The van der Waals surface area contributed by atoms with Crippen LogP contribution in [0, 0.1) is 35.2 Å². The summed E-state index contributed by atoms with van der Waals surface area (Å²) in [5.74, 6) is 10.6. The molecule has 2 aromatic rings. The average Bonchev–Trinajstić information content (AvgIpc) is 3.93. The first-order valence-corrected chi connectivity index (χ1v) is 20.8. The first-order valence-electron chi connectivity index (χ1n) is 20.8. The van der Waals surface area contributed by atoms with E-state index < -0.39 is 35.9 Å². The molecule has 57 heavy (non-hydrogen) atoms. The van der Waals surface area contributed by atoms with Crippen LogP contribution in [0.15, 0.2) is 52.8 Å². The summed E-state index contributed by atoms with van der Waals surface area (Å²) >= 11 is 0. The van der Waals surface area contributed by atoms with Gasteiger partial charge in [0.15, 0.2) is 17.7 Å². The molecule has 2 aromatic carbocycles. The SMILES string of the molecule is CCC[C@H](O)C[C@@H](O)CC(=O)CCc1cc2c(cc1O)OC#CC1(CCCC1)[C@H]1C#C[C@H](O)c3ccc4c5c3[C@@H](CC[C@H]5CN[C@@H]4N)C3=CN=C4CN(C=C34)[C@H]1O2. The summed E-state index contributed by atoms with van der Waals surface area (Å²) in [6.07, 6.45) is 10.7. The van der Waals surface area contributed by atoms with E-state index in [4.69, 9.17) is 20.2 Å². The van der Waals surface area contributed by atoms with E-state index in [-0.39, 0.29) is 55.0 Å². The lowest BCUT2D eigenvalue weighted by molar-refractivity contribution is -0.121. The van der Waals surface area contributed by atoms with Crippen LogP contribution < -0.4 is 20.5 Å². The van der Waals surface area contributed by atoms with Gasteiger partial charge in [-0.2, -0.15) is 0 Å². The second-order valence-corrected chi connectivity index (χ2v) is 17.0. The fourth-order valence-corrected chi connectivity index (χ4v) is 10.5. The number of hydrogen-bond acceptors (Lipinski definition) is 11. The first-order chi connectivity index (χ1) is 27.6. The Morgan fingerprint density at radius 2 is 1.93 bits per heavy atom. The van der Waals surface area contributed by atoms with E-state index in [1.54, 1.807) is 6.07 Å². The van der Waals surface area contributed by atoms with Gasteiger partial charge in [-0.05, 0) is 90.3 Å². The van der Waals surface area contributed by atoms with E-state index in [0.717, 1.165) is 85.0 Å². The predicted octanol–water partition coefficient (Wildman–Crippen LogP) is 5.24. The number of carbonyl (C=O) groups is 1. The van der Waals surface area contributed by atoms with E-state index in [1.165, 1.54) is 11.6 Å². The Hall–Kier alpha value is -4.62. The Morgan fingerprint density at radius 1 is 1.11 bits per heavy atom. The van der Waals surface area contributed by atoms with Gasteiger partial charge in [-0.1, -0.05) is 56.1 Å². The number of aliphatic hydroxyl groups excluding tert-OH is 3. The first kappa shape index (κ1) is 37.9. The van der Waals surface area contributed by atoms with Gasteiger partial charge >= 0.3 is 0 Å². The van der Waals surface area contributed by atoms with Crippen LogP contribution in [0.1, 0.15) is 129 Å². The minimum atomic E-state index is -1.06. The molecule has 5 heterocycles. The number of aryl methyl sites for hydroxylation is 1. The summed E-state index contributed by atoms with van der Waals surface area (Å²) in [5.41, 5.74) is 14.0. The van der Waals surface area contributed by atoms with Gasteiger partial charge in [0.2, 0.25) is 0 Å². The van der Waals surface area contributed by atoms with Crippen LogP contribution in [-0.4, -0.2) is 68.3 Å². The molecule has 0 unspecified atom stereocenters. The number of ketones is 1. The molecule has 11 nitrogen and oxygen atoms in total. The Labute approximate surface area is 334 Å². The van der Waals surface area contributed by atoms with Gasteiger partial charge in [-0.25, -0.2) is 0 Å². The fraction of sp³-hybridized carbons (Fsp3) is 0.522. The van der Waals surface area contributed by atoms with Crippen LogP contribution in [0.2, 0.25) is 0 Å². The molecule has 11 heteroatoms. The number of aliphatic imine (C=N–C) groups is 1. The van der Waals surface area contributed by atoms with E-state index >= 15 is 0 Å². The average molecular weight is 773 g/mol. The van der Waals surface area contributed by atoms with Crippen molar-refractivity contribution in [1.82, 2.24) is 10.2 Å². The third-order valence-corrected chi connectivity index (χ3v) is 13.3. The summed E-state index contributed by atoms with van der Waals surface area (Å²) in [6.45, 7) is 3.26. The van der Waals surface area contributed by atoms with E-state index in [9.17, 15) is 25.2 Å². The van der Waals surface area contributed by atoms with Crippen LogP contribution in [-0.2, 0) is 11.2 Å². The largest absolute Gasteiger partial charge is 0.508 e. The standard InChI is InChI=1S/C46H52N4O7/c1-2-5-28(51)19-30(53)20-29(52)8-6-26-18-41-40(21-39(26)55)56-17-16-46(14-3-4-15-46)36-12-13-38(54)32-10-11-33-42-27(22-49-44(33)47)7-9-31(43(32)42)34-23-48-37-25-50(24-35(34)37)45(36)57-41/h10-11,18,21,23-24,27-28,30-31,36,38,44-45,49,51,53-55H,2-9,14-15,19-20,22,25,47H2,1H3/t27-,28-,30+,31-,36-,38-,44-,45-/m0/s1. The van der Waals surface area contributed by atoms with E-state index in [0.29, 0.717) is 30.2 Å². The fourth-order valence-electron chi connectivity index (χ4n) is 10.5. The summed E-state index contributed by atoms with van der Waals surface area (Å²) < 4.78 is 13.1. The number of aromatic hydroxyl groups is 1. The highest BCUT2D eigenvalue weighted by atomic mass is 16.5. The summed E-state index contributed by atoms with van der Waals surface area (Å²) in [6, 6.07) is 7.27. The minimum absolute atomic E-state index is 0.0222. The Balaban J connectivity index is 1.10. The number of nitrogens with zero attached hydrogens (tertiary/aromatic N) is 2. The number of allylic oxidation sites excluding steroid dienone is 1. The van der Waals surface area contributed by atoms with Gasteiger partial charge in [0.05, 0.1) is 42.0 Å². The van der Waals surface area contributed by atoms with Crippen LogP contribution >= 0.6 is 0 Å². The monoisotopic (exact) mass is 772 g/mol. The molecule has 1 spiro atoms. The summed E-state index contributed by atoms with van der Waals surface area (Å²) in [7, 11) is 0. The van der Waals surface area contributed by atoms with Crippen LogP contribution in [0.3, 0.4) is 0 Å². The highest BCUT2D eigenvalue weighted by Crippen LogP contribution is 2.53. The van der Waals surface area contributed by atoms with Crippen molar-refractivity contribution in [2.45, 2.75) is 127 Å². The zero-order valence-corrected chi connectivity index (χ0v) is 32.5. The number of phenolic OH excluding ortho intramolecular Hbond substituents is 1. The Bertz CT molecular complexity index is 2180. The smallest absolute Gasteiger partial charge is 0.187 e. The van der Waals surface area contributed by atoms with Gasteiger partial charge in [0.1, 0.15) is 23.7 Å². The number of phenols is 1. The van der Waals surface area contributed by atoms with Crippen molar-refractivity contribution < 1.29 is 34.7 Å². The number of ether oxygens (including phenoxy) is 2. The van der Waals surface area contributed by atoms with Gasteiger partial charge in [0, 0.05) is 49.3 Å². The molecular weight excluding hydrogens is 721 g/mol. The zero-order valence-electron chi connectivity index (χ0n) is 32.5. The van der Waals surface area contributed by atoms with Gasteiger partial charge in [-0.3, -0.25) is 15.1 Å². The molecule has 1 fully saturated rings. The number of fused-ring (bicyclic) bond motifs is 6. The number of rotatable bonds is 9. The molecule has 8 atom stereocenters. The summed E-state index contributed by atoms with van der Waals surface area (Å²) in [5, 5.41) is 47.3. The maximum absolute atomic E-state index is 12.9. The molecule has 9 rings (SSSR count). The van der Waals surface area contributed by atoms with Crippen molar-refractivity contribution in [3.8, 4) is 41.1 Å². The highest BCUT2D eigenvalue weighted by molar-refractivity contribution is 6.09. The normalized spacial score (nSPS) is 28.2. The van der Waals surface area contributed by atoms with E-state index in [1.807, 2.05) is 19.2 Å². The van der Waals surface area contributed by atoms with Crippen molar-refractivity contribution in [2.75, 3.05) is 13.1 Å². The molecule has 2 bridgehead atoms. The van der Waals surface area contributed by atoms with Crippen LogP contribution in [0.4, 0.5) is 0 Å².